The first kappa shape index (κ1) is 15.2. The fourth-order valence-electron chi connectivity index (χ4n) is 1.78. The van der Waals surface area contributed by atoms with Gasteiger partial charge in [-0.05, 0) is 19.3 Å². The van der Waals surface area contributed by atoms with Gasteiger partial charge in [0, 0.05) is 6.42 Å². The lowest BCUT2D eigenvalue weighted by molar-refractivity contribution is 0.577. The summed E-state index contributed by atoms with van der Waals surface area (Å²) in [4.78, 5) is 0. The third kappa shape index (κ3) is 13.2. The molecule has 0 fully saturated rings. The van der Waals surface area contributed by atoms with Gasteiger partial charge in [0.25, 0.3) is 0 Å². The zero-order valence-corrected chi connectivity index (χ0v) is 10.9. The minimum atomic E-state index is 0.661. The van der Waals surface area contributed by atoms with Crippen LogP contribution in [-0.4, -0.2) is 0 Å². The van der Waals surface area contributed by atoms with Crippen molar-refractivity contribution in [3.8, 4) is 6.07 Å². The van der Waals surface area contributed by atoms with Crippen molar-refractivity contribution in [1.82, 2.24) is 0 Å². The minimum Gasteiger partial charge on any atom is -0.198 e. The molecule has 0 saturated carbocycles. The second-order valence-corrected chi connectivity index (χ2v) is 4.43. The Morgan fingerprint density at radius 2 is 1.38 bits per heavy atom. The van der Waals surface area contributed by atoms with Crippen molar-refractivity contribution in [1.29, 1.82) is 5.26 Å². The molecule has 0 saturated heterocycles. The third-order valence-electron chi connectivity index (χ3n) is 2.81. The molecule has 16 heavy (non-hydrogen) atoms. The molecule has 0 unspecified atom stereocenters. The maximum absolute atomic E-state index is 8.34. The summed E-state index contributed by atoms with van der Waals surface area (Å²) >= 11 is 0. The smallest absolute Gasteiger partial charge is 0.0624 e. The van der Waals surface area contributed by atoms with E-state index in [1.54, 1.807) is 0 Å². The van der Waals surface area contributed by atoms with Crippen LogP contribution in [0.3, 0.4) is 0 Å². The summed E-state index contributed by atoms with van der Waals surface area (Å²) in [5.74, 6) is 0. The topological polar surface area (TPSA) is 23.8 Å². The van der Waals surface area contributed by atoms with E-state index in [9.17, 15) is 0 Å². The van der Waals surface area contributed by atoms with E-state index in [-0.39, 0.29) is 0 Å². The summed E-state index contributed by atoms with van der Waals surface area (Å²) in [6.45, 7) is 2.26. The van der Waals surface area contributed by atoms with E-state index in [0.717, 1.165) is 6.42 Å². The van der Waals surface area contributed by atoms with Gasteiger partial charge in [0.1, 0.15) is 0 Å². The van der Waals surface area contributed by atoms with Crippen LogP contribution in [0.25, 0.3) is 0 Å². The molecule has 0 aliphatic heterocycles. The van der Waals surface area contributed by atoms with E-state index in [4.69, 9.17) is 5.26 Å². The summed E-state index contributed by atoms with van der Waals surface area (Å²) in [5.41, 5.74) is 0. The van der Waals surface area contributed by atoms with Gasteiger partial charge in [0.2, 0.25) is 0 Å². The number of nitriles is 1. The van der Waals surface area contributed by atoms with Gasteiger partial charge in [0.05, 0.1) is 6.07 Å². The number of hydrogen-bond donors (Lipinski definition) is 0. The largest absolute Gasteiger partial charge is 0.198 e. The van der Waals surface area contributed by atoms with Gasteiger partial charge in [-0.1, -0.05) is 64.0 Å². The Labute approximate surface area is 102 Å². The average Bonchev–Trinajstić information content (AvgIpc) is 2.31. The lowest BCUT2D eigenvalue weighted by Crippen LogP contribution is -1.79. The predicted molar refractivity (Wildman–Crippen MR) is 71.2 cm³/mol. The standard InChI is InChI=1S/C15H27N/c1-2-3-4-5-6-7-8-9-10-11-12-13-14-15-16/h11-12H,2-10,13-14H2,1H3. The maximum atomic E-state index is 8.34. The zero-order chi connectivity index (χ0) is 11.9. The summed E-state index contributed by atoms with van der Waals surface area (Å²) < 4.78 is 0. The Hall–Kier alpha value is -0.770. The van der Waals surface area contributed by atoms with Crippen LogP contribution >= 0.6 is 0 Å². The molecule has 0 heterocycles. The molecule has 0 aromatic rings. The van der Waals surface area contributed by atoms with Crippen LogP contribution in [-0.2, 0) is 0 Å². The monoisotopic (exact) mass is 221 g/mol. The van der Waals surface area contributed by atoms with E-state index in [2.05, 4.69) is 25.1 Å². The van der Waals surface area contributed by atoms with Gasteiger partial charge in [-0.2, -0.15) is 5.26 Å². The quantitative estimate of drug-likeness (QED) is 0.339. The summed E-state index contributed by atoms with van der Waals surface area (Å²) in [6.07, 6.45) is 18.2. The van der Waals surface area contributed by atoms with Crippen LogP contribution in [0.2, 0.25) is 0 Å². The molecule has 0 atom stereocenters. The minimum absolute atomic E-state index is 0.661. The molecule has 0 N–H and O–H groups in total. The lowest BCUT2D eigenvalue weighted by atomic mass is 10.1. The van der Waals surface area contributed by atoms with Gasteiger partial charge < -0.3 is 0 Å². The highest BCUT2D eigenvalue weighted by atomic mass is 14.2. The second kappa shape index (κ2) is 14.2. The number of allylic oxidation sites excluding steroid dienone is 2. The maximum Gasteiger partial charge on any atom is 0.0624 e. The molecule has 1 nitrogen and oxygen atoms in total. The summed E-state index contributed by atoms with van der Waals surface area (Å²) in [7, 11) is 0. The van der Waals surface area contributed by atoms with E-state index in [0.29, 0.717) is 6.42 Å². The van der Waals surface area contributed by atoms with Crippen molar-refractivity contribution >= 4 is 0 Å². The Morgan fingerprint density at radius 1 is 0.812 bits per heavy atom. The van der Waals surface area contributed by atoms with Gasteiger partial charge in [0.15, 0.2) is 0 Å². The van der Waals surface area contributed by atoms with Crippen molar-refractivity contribution in [2.45, 2.75) is 77.6 Å². The normalized spacial score (nSPS) is 10.8. The summed E-state index contributed by atoms with van der Waals surface area (Å²) in [6, 6.07) is 2.15. The number of unbranched alkanes of at least 4 members (excludes halogenated alkanes) is 9. The number of rotatable bonds is 11. The molecule has 0 aromatic carbocycles. The van der Waals surface area contributed by atoms with Gasteiger partial charge in [-0.25, -0.2) is 0 Å². The zero-order valence-electron chi connectivity index (χ0n) is 10.9. The molecule has 0 aliphatic rings. The van der Waals surface area contributed by atoms with Crippen LogP contribution in [0.5, 0.6) is 0 Å². The fraction of sp³-hybridized carbons (Fsp3) is 0.800. The highest BCUT2D eigenvalue weighted by Gasteiger charge is 1.90. The van der Waals surface area contributed by atoms with Crippen molar-refractivity contribution in [3.63, 3.8) is 0 Å². The fourth-order valence-corrected chi connectivity index (χ4v) is 1.78. The predicted octanol–water partition coefficient (Wildman–Crippen LogP) is 5.38. The molecule has 0 aliphatic carbocycles. The third-order valence-corrected chi connectivity index (χ3v) is 2.81. The molecule has 0 amide bonds. The van der Waals surface area contributed by atoms with Gasteiger partial charge in [-0.15, -0.1) is 0 Å². The Bertz CT molecular complexity index is 188. The van der Waals surface area contributed by atoms with Crippen molar-refractivity contribution in [2.24, 2.45) is 0 Å². The molecular formula is C15H27N. The second-order valence-electron chi connectivity index (χ2n) is 4.43. The molecular weight excluding hydrogens is 194 g/mol. The van der Waals surface area contributed by atoms with E-state index >= 15 is 0 Å². The SMILES string of the molecule is CCCCCCCCCCC=CCCC#N. The molecule has 0 radical (unpaired) electrons. The van der Waals surface area contributed by atoms with E-state index < -0.39 is 0 Å². The van der Waals surface area contributed by atoms with Gasteiger partial charge in [-0.3, -0.25) is 0 Å². The van der Waals surface area contributed by atoms with Gasteiger partial charge >= 0.3 is 0 Å². The van der Waals surface area contributed by atoms with Crippen molar-refractivity contribution < 1.29 is 0 Å². The average molecular weight is 221 g/mol. The van der Waals surface area contributed by atoms with Crippen LogP contribution in [0.1, 0.15) is 77.6 Å². The molecule has 1 heteroatoms. The van der Waals surface area contributed by atoms with Crippen LogP contribution in [0.4, 0.5) is 0 Å². The van der Waals surface area contributed by atoms with E-state index in [1.165, 1.54) is 57.8 Å². The molecule has 0 spiro atoms. The number of hydrogen-bond acceptors (Lipinski definition) is 1. The van der Waals surface area contributed by atoms with Crippen LogP contribution in [0.15, 0.2) is 12.2 Å². The summed E-state index contributed by atoms with van der Waals surface area (Å²) in [5, 5.41) is 8.34. The van der Waals surface area contributed by atoms with Crippen LogP contribution < -0.4 is 0 Å². The first-order valence-electron chi connectivity index (χ1n) is 6.93. The Morgan fingerprint density at radius 3 is 2.00 bits per heavy atom. The highest BCUT2D eigenvalue weighted by molar-refractivity contribution is 4.85. The number of nitrogens with zero attached hydrogens (tertiary/aromatic N) is 1. The van der Waals surface area contributed by atoms with Crippen molar-refractivity contribution in [2.75, 3.05) is 0 Å². The highest BCUT2D eigenvalue weighted by Crippen LogP contribution is 2.09. The molecule has 0 rings (SSSR count). The lowest BCUT2D eigenvalue weighted by Gasteiger charge is -1.99. The molecule has 0 bridgehead atoms. The molecule has 0 aromatic heterocycles. The Balaban J connectivity index is 2.98. The first-order chi connectivity index (χ1) is 7.91. The van der Waals surface area contributed by atoms with Crippen LogP contribution in [0, 0.1) is 11.3 Å². The van der Waals surface area contributed by atoms with Crippen molar-refractivity contribution in [3.05, 3.63) is 12.2 Å². The molecule has 92 valence electrons. The van der Waals surface area contributed by atoms with E-state index in [1.807, 2.05) is 0 Å². The first-order valence-corrected chi connectivity index (χ1v) is 6.93. The Kier molecular flexibility index (Phi) is 13.5.